The van der Waals surface area contributed by atoms with Crippen LogP contribution in [0.3, 0.4) is 0 Å². The van der Waals surface area contributed by atoms with Crippen molar-refractivity contribution < 1.29 is 22.9 Å². The molecule has 0 saturated heterocycles. The minimum Gasteiger partial charge on any atom is -0.467 e. The Morgan fingerprint density at radius 2 is 2.12 bits per heavy atom. The molecule has 24 heavy (non-hydrogen) atoms. The molecule has 2 unspecified atom stereocenters. The van der Waals surface area contributed by atoms with Crippen molar-refractivity contribution in [1.82, 2.24) is 15.0 Å². The number of nitro groups is 1. The van der Waals surface area contributed by atoms with E-state index in [1.165, 1.54) is 7.11 Å². The molecule has 1 aliphatic carbocycles. The van der Waals surface area contributed by atoms with E-state index in [1.54, 1.807) is 0 Å². The van der Waals surface area contributed by atoms with Gasteiger partial charge in [0.15, 0.2) is 5.25 Å². The highest BCUT2D eigenvalue weighted by Crippen LogP contribution is 2.40. The van der Waals surface area contributed by atoms with E-state index < -0.39 is 43.0 Å². The van der Waals surface area contributed by atoms with Gasteiger partial charge in [0, 0.05) is 4.92 Å². The van der Waals surface area contributed by atoms with Crippen LogP contribution in [-0.2, 0) is 20.4 Å². The van der Waals surface area contributed by atoms with Crippen LogP contribution < -0.4 is 15.6 Å². The molecule has 0 bridgehead atoms. The summed E-state index contributed by atoms with van der Waals surface area (Å²) in [5.74, 6) is -1.86. The van der Waals surface area contributed by atoms with E-state index in [1.807, 2.05) is 0 Å². The molecule has 13 heteroatoms. The highest BCUT2D eigenvalue weighted by atomic mass is 32.2. The van der Waals surface area contributed by atoms with Gasteiger partial charge in [0.1, 0.15) is 11.9 Å². The monoisotopic (exact) mass is 356 g/mol. The Kier molecular flexibility index (Phi) is 4.31. The molecule has 1 aliphatic rings. The number of hydrogen-bond donors (Lipinski definition) is 2. The fraction of sp³-hybridized carbons (Fsp3) is 0.273. The molecule has 1 aromatic heterocycles. The third-order valence-corrected chi connectivity index (χ3v) is 4.56. The number of nitrogens with two attached hydrogens (primary N) is 2. The Morgan fingerprint density at radius 1 is 1.46 bits per heavy atom. The lowest BCUT2D eigenvalue weighted by molar-refractivity contribution is -0.566. The number of aromatic nitrogens is 3. The van der Waals surface area contributed by atoms with Crippen LogP contribution in [0.4, 0.5) is 0 Å². The van der Waals surface area contributed by atoms with Crippen molar-refractivity contribution in [2.24, 2.45) is 10.9 Å². The van der Waals surface area contributed by atoms with E-state index >= 15 is 0 Å². The molecule has 12 nitrogen and oxygen atoms in total. The smallest absolute Gasteiger partial charge is 0.332 e. The van der Waals surface area contributed by atoms with Crippen LogP contribution in [-0.4, -0.2) is 46.6 Å². The summed E-state index contributed by atoms with van der Waals surface area (Å²) in [4.78, 5) is 33.6. The third-order valence-electron chi connectivity index (χ3n) is 3.35. The molecule has 2 rings (SSSR count). The number of amides is 1. The molecule has 4 N–H and O–H groups in total. The molecule has 0 fully saturated rings. The Labute approximate surface area is 135 Å². The number of allylic oxidation sites excluding steroid dienone is 2. The van der Waals surface area contributed by atoms with Gasteiger partial charge in [0.2, 0.25) is 15.8 Å². The zero-order chi connectivity index (χ0) is 18.1. The van der Waals surface area contributed by atoms with Crippen molar-refractivity contribution >= 4 is 15.9 Å². The van der Waals surface area contributed by atoms with Gasteiger partial charge in [-0.15, -0.1) is 0 Å². The Hall–Kier alpha value is -2.93. The fourth-order valence-corrected chi connectivity index (χ4v) is 3.49. The first-order valence-corrected chi connectivity index (χ1v) is 7.85. The number of methoxy groups -OCH3 is 1. The minimum atomic E-state index is -4.53. The predicted octanol–water partition coefficient (Wildman–Crippen LogP) is -2.01. The van der Waals surface area contributed by atoms with Gasteiger partial charge in [0.05, 0.1) is 7.11 Å². The fourth-order valence-electron chi connectivity index (χ4n) is 2.38. The van der Waals surface area contributed by atoms with Crippen molar-refractivity contribution in [2.75, 3.05) is 7.11 Å². The molecule has 0 aliphatic heterocycles. The summed E-state index contributed by atoms with van der Waals surface area (Å²) in [7, 11) is -3.34. The molecule has 0 saturated carbocycles. The maximum Gasteiger partial charge on any atom is 0.332 e. The first kappa shape index (κ1) is 17.4. The SMILES string of the molecule is COc1ncnc(C2([N+](=O)[O-])C(C(N)=O)=CC=CC2S(N)(=O)=O)n1. The lowest BCUT2D eigenvalue weighted by Crippen LogP contribution is -2.56. The molecular weight excluding hydrogens is 344 g/mol. The second kappa shape index (κ2) is 5.93. The molecular formula is C11H12N6O6S. The average Bonchev–Trinajstić information content (AvgIpc) is 2.52. The van der Waals surface area contributed by atoms with Gasteiger partial charge in [-0.1, -0.05) is 12.2 Å². The summed E-state index contributed by atoms with van der Waals surface area (Å²) in [6, 6.07) is -0.312. The van der Waals surface area contributed by atoms with Crippen LogP contribution in [0.5, 0.6) is 6.01 Å². The van der Waals surface area contributed by atoms with E-state index in [0.717, 1.165) is 24.6 Å². The van der Waals surface area contributed by atoms with Gasteiger partial charge in [0.25, 0.3) is 5.91 Å². The maximum atomic E-state index is 11.9. The molecule has 2 atom stereocenters. The topological polar surface area (TPSA) is 194 Å². The summed E-state index contributed by atoms with van der Waals surface area (Å²) >= 11 is 0. The quantitative estimate of drug-likeness (QED) is 0.442. The molecule has 0 radical (unpaired) electrons. The first-order valence-electron chi connectivity index (χ1n) is 6.24. The van der Waals surface area contributed by atoms with Gasteiger partial charge in [-0.2, -0.15) is 9.97 Å². The highest BCUT2D eigenvalue weighted by molar-refractivity contribution is 7.90. The first-order chi connectivity index (χ1) is 11.2. The molecule has 1 aromatic rings. The number of primary sulfonamides is 1. The summed E-state index contributed by atoms with van der Waals surface area (Å²) < 4.78 is 28.7. The highest BCUT2D eigenvalue weighted by Gasteiger charge is 2.64. The Morgan fingerprint density at radius 3 is 2.62 bits per heavy atom. The second-order valence-corrected chi connectivity index (χ2v) is 6.34. The van der Waals surface area contributed by atoms with Crippen molar-refractivity contribution in [1.29, 1.82) is 0 Å². The van der Waals surface area contributed by atoms with E-state index in [2.05, 4.69) is 15.0 Å². The normalized spacial score (nSPS) is 23.4. The summed E-state index contributed by atoms with van der Waals surface area (Å²) in [5.41, 5.74) is 1.84. The number of carbonyl (C=O) groups excluding carboxylic acids is 1. The van der Waals surface area contributed by atoms with Gasteiger partial charge in [-0.25, -0.2) is 18.5 Å². The van der Waals surface area contributed by atoms with Crippen LogP contribution >= 0.6 is 0 Å². The zero-order valence-corrected chi connectivity index (χ0v) is 13.0. The standard InChI is InChI=1S/C11H12N6O6S/c1-23-10-15-5-14-9(16-10)11(17(19)20)6(8(12)18)3-2-4-7(11)24(13,21)22/h2-5,7H,1H3,(H2,12,18)(H2,13,21,22). The number of hydrogen-bond acceptors (Lipinski definition) is 9. The third kappa shape index (κ3) is 2.59. The Balaban J connectivity index is 2.91. The number of sulfonamides is 1. The van der Waals surface area contributed by atoms with Gasteiger partial charge in [-0.05, 0) is 6.08 Å². The van der Waals surface area contributed by atoms with Crippen molar-refractivity contribution in [3.05, 3.63) is 46.1 Å². The molecule has 128 valence electrons. The van der Waals surface area contributed by atoms with E-state index in [-0.39, 0.29) is 6.01 Å². The number of nitrogens with zero attached hydrogens (tertiary/aromatic N) is 4. The second-order valence-electron chi connectivity index (χ2n) is 4.66. The predicted molar refractivity (Wildman–Crippen MR) is 78.4 cm³/mol. The van der Waals surface area contributed by atoms with Crippen LogP contribution in [0.15, 0.2) is 30.1 Å². The summed E-state index contributed by atoms with van der Waals surface area (Å²) in [6.45, 7) is 0. The van der Waals surface area contributed by atoms with Gasteiger partial charge in [-0.3, -0.25) is 14.9 Å². The zero-order valence-electron chi connectivity index (χ0n) is 12.2. The number of primary amides is 1. The van der Waals surface area contributed by atoms with Crippen LogP contribution in [0.2, 0.25) is 0 Å². The largest absolute Gasteiger partial charge is 0.467 e. The van der Waals surface area contributed by atoms with Gasteiger partial charge < -0.3 is 10.5 Å². The lowest BCUT2D eigenvalue weighted by Gasteiger charge is -2.31. The maximum absolute atomic E-state index is 11.9. The van der Waals surface area contributed by atoms with Crippen molar-refractivity contribution in [3.63, 3.8) is 0 Å². The van der Waals surface area contributed by atoms with Crippen molar-refractivity contribution in [2.45, 2.75) is 10.8 Å². The van der Waals surface area contributed by atoms with Crippen LogP contribution in [0, 0.1) is 10.1 Å². The van der Waals surface area contributed by atoms with Crippen molar-refractivity contribution in [3.8, 4) is 6.01 Å². The molecule has 0 aromatic carbocycles. The van der Waals surface area contributed by atoms with E-state index in [4.69, 9.17) is 15.6 Å². The lowest BCUT2D eigenvalue weighted by atomic mass is 9.81. The van der Waals surface area contributed by atoms with Crippen LogP contribution in [0.1, 0.15) is 5.82 Å². The number of rotatable bonds is 5. The summed E-state index contributed by atoms with van der Waals surface area (Å²) in [6.07, 6.45) is 3.99. The average molecular weight is 356 g/mol. The van der Waals surface area contributed by atoms with Crippen LogP contribution in [0.25, 0.3) is 0 Å². The van der Waals surface area contributed by atoms with E-state index in [9.17, 15) is 23.3 Å². The molecule has 1 heterocycles. The minimum absolute atomic E-state index is 0.312. The van der Waals surface area contributed by atoms with Gasteiger partial charge >= 0.3 is 11.5 Å². The van der Waals surface area contributed by atoms with E-state index in [0.29, 0.717) is 0 Å². The molecule has 1 amide bonds. The number of ether oxygens (including phenoxy) is 1. The Bertz CT molecular complexity index is 866. The number of carbonyl (C=O) groups is 1. The molecule has 0 spiro atoms. The summed E-state index contributed by atoms with van der Waals surface area (Å²) in [5, 5.41) is 15.1.